The van der Waals surface area contributed by atoms with Gasteiger partial charge in [-0.15, -0.1) is 0 Å². The van der Waals surface area contributed by atoms with E-state index < -0.39 is 0 Å². The molecule has 1 N–H and O–H groups in total. The standard InChI is InChI=1S/C29H27N5/c1-16(2)26-13-23-22-8-5-20(11-18(22)6-10-25(23)32-26)29-30-14-21-12-19(7-9-24(21)33-29)27-15-31-28(34-27)17(3)4/h5-12,14-17H,13H2,1-4H3,(H,31,34). The Morgan fingerprint density at radius 1 is 0.794 bits per heavy atom. The average molecular weight is 446 g/mol. The molecule has 0 radical (unpaired) electrons. The summed E-state index contributed by atoms with van der Waals surface area (Å²) in [4.78, 5) is 22.3. The number of aromatic amines is 1. The molecule has 5 aromatic rings. The SMILES string of the molecule is CC(C)C1=Nc2ccc3cc(-c4ncc5cc(-c6cnc(C(C)C)[nH]6)ccc5n4)ccc3c2C1. The summed E-state index contributed by atoms with van der Waals surface area (Å²) in [5.41, 5.74) is 7.77. The number of rotatable bonds is 4. The molecule has 34 heavy (non-hydrogen) atoms. The van der Waals surface area contributed by atoms with Crippen molar-refractivity contribution in [3.05, 3.63) is 72.3 Å². The highest BCUT2D eigenvalue weighted by Gasteiger charge is 2.19. The van der Waals surface area contributed by atoms with E-state index in [9.17, 15) is 0 Å². The minimum atomic E-state index is 0.368. The van der Waals surface area contributed by atoms with Gasteiger partial charge in [0, 0.05) is 40.8 Å². The zero-order valence-corrected chi connectivity index (χ0v) is 19.9. The molecule has 2 aromatic heterocycles. The molecule has 0 amide bonds. The third-order valence-corrected chi connectivity index (χ3v) is 6.69. The van der Waals surface area contributed by atoms with Crippen molar-refractivity contribution in [3.8, 4) is 22.6 Å². The van der Waals surface area contributed by atoms with Crippen LogP contribution < -0.4 is 0 Å². The summed E-state index contributed by atoms with van der Waals surface area (Å²) in [6.45, 7) is 8.69. The number of aromatic nitrogens is 4. The molecule has 5 nitrogen and oxygen atoms in total. The van der Waals surface area contributed by atoms with Crippen molar-refractivity contribution in [2.75, 3.05) is 0 Å². The summed E-state index contributed by atoms with van der Waals surface area (Å²) in [7, 11) is 0. The van der Waals surface area contributed by atoms with Crippen molar-refractivity contribution in [2.24, 2.45) is 10.9 Å². The van der Waals surface area contributed by atoms with Crippen LogP contribution in [0.2, 0.25) is 0 Å². The van der Waals surface area contributed by atoms with Crippen molar-refractivity contribution in [1.82, 2.24) is 19.9 Å². The van der Waals surface area contributed by atoms with Crippen molar-refractivity contribution in [3.63, 3.8) is 0 Å². The van der Waals surface area contributed by atoms with Gasteiger partial charge in [0.25, 0.3) is 0 Å². The Hall–Kier alpha value is -3.86. The second-order valence-corrected chi connectivity index (χ2v) is 9.74. The molecule has 1 aliphatic heterocycles. The molecule has 1 aliphatic rings. The zero-order chi connectivity index (χ0) is 23.4. The van der Waals surface area contributed by atoms with Crippen LogP contribution in [-0.2, 0) is 6.42 Å². The highest BCUT2D eigenvalue weighted by molar-refractivity contribution is 6.03. The lowest BCUT2D eigenvalue weighted by molar-refractivity contribution is 0.795. The van der Waals surface area contributed by atoms with Crippen LogP contribution in [0.4, 0.5) is 5.69 Å². The molecule has 0 spiro atoms. The first-order chi connectivity index (χ1) is 16.5. The van der Waals surface area contributed by atoms with Crippen LogP contribution in [0.25, 0.3) is 44.3 Å². The number of hydrogen-bond donors (Lipinski definition) is 1. The van der Waals surface area contributed by atoms with Crippen molar-refractivity contribution in [1.29, 1.82) is 0 Å². The van der Waals surface area contributed by atoms with Gasteiger partial charge in [-0.05, 0) is 46.5 Å². The van der Waals surface area contributed by atoms with E-state index in [0.29, 0.717) is 11.8 Å². The van der Waals surface area contributed by atoms with Crippen LogP contribution in [0, 0.1) is 5.92 Å². The first kappa shape index (κ1) is 20.7. The predicted molar refractivity (Wildman–Crippen MR) is 140 cm³/mol. The maximum Gasteiger partial charge on any atom is 0.159 e. The van der Waals surface area contributed by atoms with Crippen LogP contribution >= 0.6 is 0 Å². The van der Waals surface area contributed by atoms with Crippen molar-refractivity contribution < 1.29 is 0 Å². The van der Waals surface area contributed by atoms with Gasteiger partial charge in [0.05, 0.1) is 23.1 Å². The van der Waals surface area contributed by atoms with Crippen LogP contribution in [0.15, 0.2) is 65.9 Å². The Labute approximate surface area is 199 Å². The molecule has 0 unspecified atom stereocenters. The molecule has 0 aliphatic carbocycles. The number of benzene rings is 3. The predicted octanol–water partition coefficient (Wildman–Crippen LogP) is 7.25. The van der Waals surface area contributed by atoms with Crippen molar-refractivity contribution >= 4 is 33.1 Å². The first-order valence-electron chi connectivity index (χ1n) is 11.9. The Bertz CT molecular complexity index is 1590. The number of imidazole rings is 1. The van der Waals surface area contributed by atoms with Gasteiger partial charge >= 0.3 is 0 Å². The molecule has 0 saturated heterocycles. The van der Waals surface area contributed by atoms with Crippen LogP contribution in [0.1, 0.15) is 45.0 Å². The molecule has 168 valence electrons. The van der Waals surface area contributed by atoms with Gasteiger partial charge in [0.2, 0.25) is 0 Å². The van der Waals surface area contributed by atoms with Gasteiger partial charge in [-0.1, -0.05) is 52.0 Å². The first-order valence-corrected chi connectivity index (χ1v) is 11.9. The summed E-state index contributed by atoms with van der Waals surface area (Å²) in [6.07, 6.45) is 4.75. The van der Waals surface area contributed by atoms with Crippen molar-refractivity contribution in [2.45, 2.75) is 40.0 Å². The van der Waals surface area contributed by atoms with E-state index in [1.807, 2.05) is 12.4 Å². The fourth-order valence-corrected chi connectivity index (χ4v) is 4.64. The van der Waals surface area contributed by atoms with Gasteiger partial charge < -0.3 is 4.98 Å². The van der Waals surface area contributed by atoms with E-state index in [0.717, 1.165) is 51.5 Å². The molecular weight excluding hydrogens is 418 g/mol. The molecule has 0 bridgehead atoms. The van der Waals surface area contributed by atoms with E-state index >= 15 is 0 Å². The monoisotopic (exact) mass is 445 g/mol. The second kappa shape index (κ2) is 7.87. The summed E-state index contributed by atoms with van der Waals surface area (Å²) in [6, 6.07) is 17.1. The van der Waals surface area contributed by atoms with E-state index in [1.165, 1.54) is 22.0 Å². The van der Waals surface area contributed by atoms with E-state index in [-0.39, 0.29) is 0 Å². The zero-order valence-electron chi connectivity index (χ0n) is 19.9. The molecule has 0 saturated carbocycles. The molecule has 3 heterocycles. The number of H-pyrrole nitrogens is 1. The van der Waals surface area contributed by atoms with Gasteiger partial charge in [0.1, 0.15) is 5.82 Å². The minimum Gasteiger partial charge on any atom is -0.342 e. The van der Waals surface area contributed by atoms with Gasteiger partial charge in [-0.2, -0.15) is 0 Å². The Morgan fingerprint density at radius 2 is 1.62 bits per heavy atom. The highest BCUT2D eigenvalue weighted by Crippen LogP contribution is 2.36. The van der Waals surface area contributed by atoms with Crippen LogP contribution in [0.3, 0.4) is 0 Å². The summed E-state index contributed by atoms with van der Waals surface area (Å²) in [5, 5.41) is 3.49. The largest absolute Gasteiger partial charge is 0.342 e. The highest BCUT2D eigenvalue weighted by atomic mass is 14.9. The molecule has 0 fully saturated rings. The van der Waals surface area contributed by atoms with E-state index in [4.69, 9.17) is 15.0 Å². The normalized spacial score (nSPS) is 13.3. The average Bonchev–Trinajstić information content (AvgIpc) is 3.51. The fourth-order valence-electron chi connectivity index (χ4n) is 4.64. The van der Waals surface area contributed by atoms with Gasteiger partial charge in [-0.3, -0.25) is 4.99 Å². The lowest BCUT2D eigenvalue weighted by Gasteiger charge is -2.08. The Morgan fingerprint density at radius 3 is 2.41 bits per heavy atom. The molecule has 3 aromatic carbocycles. The van der Waals surface area contributed by atoms with Crippen LogP contribution in [0.5, 0.6) is 0 Å². The van der Waals surface area contributed by atoms with E-state index in [2.05, 4.69) is 86.2 Å². The lowest BCUT2D eigenvalue weighted by Crippen LogP contribution is -2.06. The summed E-state index contributed by atoms with van der Waals surface area (Å²) < 4.78 is 0. The number of aliphatic imine (C=N–C) groups is 1. The smallest absolute Gasteiger partial charge is 0.159 e. The number of nitrogens with zero attached hydrogens (tertiary/aromatic N) is 4. The topological polar surface area (TPSA) is 66.8 Å². The quantitative estimate of drug-likeness (QED) is 0.317. The number of hydrogen-bond acceptors (Lipinski definition) is 4. The molecule has 0 atom stereocenters. The van der Waals surface area contributed by atoms with E-state index in [1.54, 1.807) is 0 Å². The molecular formula is C29H27N5. The summed E-state index contributed by atoms with van der Waals surface area (Å²) >= 11 is 0. The number of nitrogens with one attached hydrogen (secondary N) is 1. The number of fused-ring (bicyclic) bond motifs is 4. The fraction of sp³-hybridized carbons (Fsp3) is 0.241. The lowest BCUT2D eigenvalue weighted by atomic mass is 9.96. The third-order valence-electron chi connectivity index (χ3n) is 6.69. The maximum absolute atomic E-state index is 4.87. The minimum absolute atomic E-state index is 0.368. The maximum atomic E-state index is 4.87. The van der Waals surface area contributed by atoms with Gasteiger partial charge in [-0.25, -0.2) is 15.0 Å². The summed E-state index contributed by atoms with van der Waals surface area (Å²) in [5.74, 6) is 2.58. The van der Waals surface area contributed by atoms with Crippen LogP contribution in [-0.4, -0.2) is 25.6 Å². The second-order valence-electron chi connectivity index (χ2n) is 9.74. The third kappa shape index (κ3) is 3.48. The molecule has 6 rings (SSSR count). The molecule has 5 heteroatoms. The Kier molecular flexibility index (Phi) is 4.80. The van der Waals surface area contributed by atoms with Gasteiger partial charge in [0.15, 0.2) is 5.82 Å². The Balaban J connectivity index is 1.34.